The van der Waals surface area contributed by atoms with Crippen molar-refractivity contribution < 1.29 is 19.4 Å². The van der Waals surface area contributed by atoms with E-state index < -0.39 is 11.9 Å². The van der Waals surface area contributed by atoms with Gasteiger partial charge in [-0.2, -0.15) is 0 Å². The Morgan fingerprint density at radius 3 is 2.62 bits per heavy atom. The molecule has 2 N–H and O–H groups in total. The van der Waals surface area contributed by atoms with E-state index in [4.69, 9.17) is 4.74 Å². The SMILES string of the molecule is C=CCc1cc(/C=C2/NC(=O)N(c3ccccc3)C2=O)cc(OC)c1O. The largest absolute Gasteiger partial charge is 0.504 e. The zero-order valence-corrected chi connectivity index (χ0v) is 14.2. The molecule has 1 heterocycles. The second-order valence-electron chi connectivity index (χ2n) is 5.69. The van der Waals surface area contributed by atoms with Crippen molar-refractivity contribution in [1.29, 1.82) is 0 Å². The Kier molecular flexibility index (Phi) is 4.75. The molecule has 1 aliphatic rings. The van der Waals surface area contributed by atoms with Crippen molar-refractivity contribution in [3.05, 3.63) is 71.9 Å². The molecule has 0 bridgehead atoms. The number of aromatic hydroxyl groups is 1. The second kappa shape index (κ2) is 7.14. The third kappa shape index (κ3) is 3.17. The van der Waals surface area contributed by atoms with Crippen molar-refractivity contribution in [1.82, 2.24) is 5.32 Å². The predicted octanol–water partition coefficient (Wildman–Crippen LogP) is 3.23. The summed E-state index contributed by atoms with van der Waals surface area (Å²) in [6, 6.07) is 11.5. The van der Waals surface area contributed by atoms with Crippen LogP contribution in [0.25, 0.3) is 6.08 Å². The highest BCUT2D eigenvalue weighted by molar-refractivity contribution is 6.28. The lowest BCUT2D eigenvalue weighted by Crippen LogP contribution is -2.30. The van der Waals surface area contributed by atoms with Gasteiger partial charge in [-0.25, -0.2) is 9.69 Å². The number of hydrogen-bond donors (Lipinski definition) is 2. The van der Waals surface area contributed by atoms with Crippen LogP contribution in [-0.4, -0.2) is 24.2 Å². The number of urea groups is 1. The number of nitrogens with one attached hydrogen (secondary N) is 1. The highest BCUT2D eigenvalue weighted by atomic mass is 16.5. The fourth-order valence-electron chi connectivity index (χ4n) is 2.75. The van der Waals surface area contributed by atoms with Gasteiger partial charge in [0.15, 0.2) is 11.5 Å². The molecule has 2 aromatic rings. The van der Waals surface area contributed by atoms with Crippen LogP contribution in [0.1, 0.15) is 11.1 Å². The maximum Gasteiger partial charge on any atom is 0.333 e. The van der Waals surface area contributed by atoms with Gasteiger partial charge in [-0.3, -0.25) is 4.79 Å². The summed E-state index contributed by atoms with van der Waals surface area (Å²) in [6.45, 7) is 3.67. The number of methoxy groups -OCH3 is 1. The van der Waals surface area contributed by atoms with Crippen molar-refractivity contribution in [2.75, 3.05) is 12.0 Å². The van der Waals surface area contributed by atoms with Crippen LogP contribution in [-0.2, 0) is 11.2 Å². The molecule has 0 saturated carbocycles. The molecule has 1 saturated heterocycles. The van der Waals surface area contributed by atoms with Gasteiger partial charge in [0.05, 0.1) is 12.8 Å². The van der Waals surface area contributed by atoms with Gasteiger partial charge in [-0.1, -0.05) is 24.3 Å². The van der Waals surface area contributed by atoms with Crippen LogP contribution < -0.4 is 15.0 Å². The van der Waals surface area contributed by atoms with Gasteiger partial charge in [0.2, 0.25) is 0 Å². The number of benzene rings is 2. The van der Waals surface area contributed by atoms with Gasteiger partial charge >= 0.3 is 6.03 Å². The highest BCUT2D eigenvalue weighted by Crippen LogP contribution is 2.33. The summed E-state index contributed by atoms with van der Waals surface area (Å²) in [5.74, 6) is -0.131. The minimum atomic E-state index is -0.510. The van der Waals surface area contributed by atoms with Crippen LogP contribution in [0, 0.1) is 0 Å². The van der Waals surface area contributed by atoms with Crippen LogP contribution in [0.3, 0.4) is 0 Å². The molecule has 0 radical (unpaired) electrons. The molecule has 1 aliphatic heterocycles. The van der Waals surface area contributed by atoms with E-state index >= 15 is 0 Å². The van der Waals surface area contributed by atoms with E-state index in [1.54, 1.807) is 48.6 Å². The number of anilines is 1. The zero-order chi connectivity index (χ0) is 18.7. The van der Waals surface area contributed by atoms with Crippen LogP contribution in [0.5, 0.6) is 11.5 Å². The number of phenols is 1. The van der Waals surface area contributed by atoms with E-state index in [9.17, 15) is 14.7 Å². The number of ether oxygens (including phenoxy) is 1. The molecule has 0 spiro atoms. The summed E-state index contributed by atoms with van der Waals surface area (Å²) >= 11 is 0. The Bertz CT molecular complexity index is 904. The van der Waals surface area contributed by atoms with Crippen LogP contribution in [0.15, 0.2) is 60.8 Å². The summed E-state index contributed by atoms with van der Waals surface area (Å²) in [5.41, 5.74) is 1.88. The maximum absolute atomic E-state index is 12.6. The topological polar surface area (TPSA) is 78.9 Å². The molecule has 3 rings (SSSR count). The van der Waals surface area contributed by atoms with Crippen molar-refractivity contribution in [3.8, 4) is 11.5 Å². The maximum atomic E-state index is 12.6. The number of carbonyl (C=O) groups is 2. The first-order valence-electron chi connectivity index (χ1n) is 7.98. The fraction of sp³-hybridized carbons (Fsp3) is 0.100. The Balaban J connectivity index is 1.98. The molecule has 0 atom stereocenters. The molecule has 6 heteroatoms. The summed E-state index contributed by atoms with van der Waals surface area (Å²) in [6.07, 6.45) is 3.65. The number of nitrogens with zero attached hydrogens (tertiary/aromatic N) is 1. The van der Waals surface area contributed by atoms with Gasteiger partial charge in [-0.05, 0) is 42.3 Å². The minimum absolute atomic E-state index is 0.0299. The number of allylic oxidation sites excluding steroid dienone is 1. The first kappa shape index (κ1) is 17.3. The number of hydrogen-bond acceptors (Lipinski definition) is 4. The van der Waals surface area contributed by atoms with Crippen LogP contribution >= 0.6 is 0 Å². The molecule has 1 fully saturated rings. The summed E-state index contributed by atoms with van der Waals surface area (Å²) in [7, 11) is 1.45. The van der Waals surface area contributed by atoms with Crippen molar-refractivity contribution in [3.63, 3.8) is 0 Å². The Morgan fingerprint density at radius 1 is 1.23 bits per heavy atom. The molecule has 0 aromatic heterocycles. The Hall–Kier alpha value is -3.54. The molecule has 26 heavy (non-hydrogen) atoms. The van der Waals surface area contributed by atoms with E-state index in [-0.39, 0.29) is 17.2 Å². The van der Waals surface area contributed by atoms with Gasteiger partial charge in [0, 0.05) is 5.56 Å². The van der Waals surface area contributed by atoms with Crippen molar-refractivity contribution >= 4 is 23.7 Å². The number of para-hydroxylation sites is 1. The van der Waals surface area contributed by atoms with E-state index in [1.807, 2.05) is 6.07 Å². The lowest BCUT2D eigenvalue weighted by Gasteiger charge is -2.11. The standard InChI is InChI=1S/C20H18N2O4/c1-3-7-14-10-13(12-17(26-2)18(14)23)11-16-19(24)22(20(25)21-16)15-8-5-4-6-9-15/h3-6,8-12,23H,1,7H2,2H3,(H,21,25)/b16-11+. The summed E-state index contributed by atoms with van der Waals surface area (Å²) in [4.78, 5) is 25.9. The number of carbonyl (C=O) groups excluding carboxylic acids is 2. The van der Waals surface area contributed by atoms with E-state index in [0.29, 0.717) is 23.2 Å². The zero-order valence-electron chi connectivity index (χ0n) is 14.2. The van der Waals surface area contributed by atoms with E-state index in [2.05, 4.69) is 11.9 Å². The van der Waals surface area contributed by atoms with Gasteiger partial charge in [-0.15, -0.1) is 6.58 Å². The normalized spacial score (nSPS) is 15.3. The minimum Gasteiger partial charge on any atom is -0.504 e. The molecule has 132 valence electrons. The van der Waals surface area contributed by atoms with Crippen molar-refractivity contribution in [2.45, 2.75) is 6.42 Å². The third-order valence-corrected chi connectivity index (χ3v) is 3.96. The summed E-state index contributed by atoms with van der Waals surface area (Å²) in [5, 5.41) is 12.7. The fourth-order valence-corrected chi connectivity index (χ4v) is 2.75. The smallest absolute Gasteiger partial charge is 0.333 e. The third-order valence-electron chi connectivity index (χ3n) is 3.96. The van der Waals surface area contributed by atoms with Gasteiger partial charge < -0.3 is 15.2 Å². The average molecular weight is 350 g/mol. The lowest BCUT2D eigenvalue weighted by molar-refractivity contribution is -0.113. The average Bonchev–Trinajstić information content (AvgIpc) is 2.92. The molecular weight excluding hydrogens is 332 g/mol. The Morgan fingerprint density at radius 2 is 1.96 bits per heavy atom. The first-order valence-corrected chi connectivity index (χ1v) is 7.98. The quantitative estimate of drug-likeness (QED) is 0.493. The number of amides is 3. The monoisotopic (exact) mass is 350 g/mol. The highest BCUT2D eigenvalue weighted by Gasteiger charge is 2.34. The first-order chi connectivity index (χ1) is 12.5. The second-order valence-corrected chi connectivity index (χ2v) is 5.69. The molecule has 3 amide bonds. The van der Waals surface area contributed by atoms with E-state index in [0.717, 1.165) is 4.90 Å². The van der Waals surface area contributed by atoms with Gasteiger partial charge in [0.1, 0.15) is 5.70 Å². The van der Waals surface area contributed by atoms with Crippen LogP contribution in [0.4, 0.5) is 10.5 Å². The predicted molar refractivity (Wildman–Crippen MR) is 99.0 cm³/mol. The molecular formula is C20H18N2O4. The lowest BCUT2D eigenvalue weighted by atomic mass is 10.0. The Labute approximate surface area is 151 Å². The van der Waals surface area contributed by atoms with Crippen molar-refractivity contribution in [2.24, 2.45) is 0 Å². The number of phenolic OH excluding ortho intramolecular Hbond substituents is 1. The molecule has 0 aliphatic carbocycles. The molecule has 0 unspecified atom stereocenters. The molecule has 6 nitrogen and oxygen atoms in total. The van der Waals surface area contributed by atoms with E-state index in [1.165, 1.54) is 7.11 Å². The number of imide groups is 1. The summed E-state index contributed by atoms with van der Waals surface area (Å²) < 4.78 is 5.18. The molecule has 2 aromatic carbocycles. The number of rotatable bonds is 5. The van der Waals surface area contributed by atoms with Gasteiger partial charge in [0.25, 0.3) is 5.91 Å². The van der Waals surface area contributed by atoms with Crippen LogP contribution in [0.2, 0.25) is 0 Å².